The van der Waals surface area contributed by atoms with Gasteiger partial charge in [-0.2, -0.15) is 4.98 Å². The number of fused-ring (bicyclic) bond motifs is 1. The molecule has 3 fully saturated rings. The third-order valence-electron chi connectivity index (χ3n) is 7.49. The number of morpholine rings is 2. The number of aromatic nitrogens is 4. The molecule has 0 aromatic carbocycles. The van der Waals surface area contributed by atoms with Gasteiger partial charge in [-0.05, 0) is 31.7 Å². The molecule has 5 heterocycles. The topological polar surface area (TPSA) is 124 Å². The largest absolute Gasteiger partial charge is 0.474 e. The van der Waals surface area contributed by atoms with Crippen molar-refractivity contribution in [3.63, 3.8) is 0 Å². The molecule has 2 saturated heterocycles. The van der Waals surface area contributed by atoms with Crippen molar-refractivity contribution in [2.24, 2.45) is 0 Å². The van der Waals surface area contributed by atoms with E-state index in [1.165, 1.54) is 0 Å². The molecular formula is C27H36N8O3. The number of anilines is 3. The molecule has 6 rings (SSSR count). The first-order valence-corrected chi connectivity index (χ1v) is 13.6. The molecule has 38 heavy (non-hydrogen) atoms. The lowest BCUT2D eigenvalue weighted by molar-refractivity contribution is 0.0341. The molecule has 0 atom stereocenters. The third kappa shape index (κ3) is 6.06. The van der Waals surface area contributed by atoms with Gasteiger partial charge >= 0.3 is 0 Å². The number of pyridine rings is 2. The van der Waals surface area contributed by atoms with E-state index in [-0.39, 0.29) is 6.10 Å². The molecule has 3 aliphatic rings. The molecule has 0 unspecified atom stereocenters. The lowest BCUT2D eigenvalue weighted by Crippen LogP contribution is -2.37. The minimum Gasteiger partial charge on any atom is -0.474 e. The summed E-state index contributed by atoms with van der Waals surface area (Å²) in [6.45, 7) is 7.37. The highest BCUT2D eigenvalue weighted by atomic mass is 16.5. The molecule has 0 bridgehead atoms. The summed E-state index contributed by atoms with van der Waals surface area (Å²) in [5.41, 5.74) is 8.63. The van der Waals surface area contributed by atoms with E-state index in [0.717, 1.165) is 93.9 Å². The van der Waals surface area contributed by atoms with Gasteiger partial charge in [-0.25, -0.2) is 9.97 Å². The van der Waals surface area contributed by atoms with Gasteiger partial charge in [0.2, 0.25) is 11.8 Å². The van der Waals surface area contributed by atoms with Crippen molar-refractivity contribution in [2.75, 3.05) is 68.6 Å². The molecule has 3 aromatic rings. The fraction of sp³-hybridized carbons (Fsp3) is 0.556. The molecule has 1 aliphatic carbocycles. The standard InChI is InChI=1S/C27H36N8O3/c28-20-13-23-24(29-17-20)14-25(35-7-11-37-12-8-35)33-26(23)38-22-3-1-21(2-4-22)32-27-30-15-19(16-31-27)18-34-5-9-36-10-6-34/h13-17,21-22H,1-12,18,28H2,(H,30,31,32). The van der Waals surface area contributed by atoms with Crippen LogP contribution in [0.5, 0.6) is 5.88 Å². The predicted molar refractivity (Wildman–Crippen MR) is 145 cm³/mol. The second-order valence-corrected chi connectivity index (χ2v) is 10.3. The number of rotatable bonds is 7. The zero-order valence-corrected chi connectivity index (χ0v) is 21.7. The van der Waals surface area contributed by atoms with Crippen LogP contribution in [0.3, 0.4) is 0 Å². The van der Waals surface area contributed by atoms with Crippen LogP contribution in [0.15, 0.2) is 30.7 Å². The van der Waals surface area contributed by atoms with Gasteiger partial charge in [0.05, 0.1) is 49.2 Å². The van der Waals surface area contributed by atoms with E-state index in [4.69, 9.17) is 24.9 Å². The van der Waals surface area contributed by atoms with Crippen LogP contribution < -0.4 is 20.7 Å². The zero-order valence-electron chi connectivity index (χ0n) is 21.7. The lowest BCUT2D eigenvalue weighted by atomic mass is 9.93. The highest BCUT2D eigenvalue weighted by Crippen LogP contribution is 2.32. The van der Waals surface area contributed by atoms with E-state index in [1.807, 2.05) is 24.5 Å². The number of nitrogens with one attached hydrogen (secondary N) is 1. The van der Waals surface area contributed by atoms with Crippen molar-refractivity contribution in [3.8, 4) is 5.88 Å². The van der Waals surface area contributed by atoms with E-state index in [2.05, 4.69) is 30.1 Å². The zero-order chi connectivity index (χ0) is 25.7. The fourth-order valence-electron chi connectivity index (χ4n) is 5.33. The van der Waals surface area contributed by atoms with Crippen LogP contribution in [0.2, 0.25) is 0 Å². The summed E-state index contributed by atoms with van der Waals surface area (Å²) in [5, 5.41) is 4.37. The number of nitrogens with zero attached hydrogens (tertiary/aromatic N) is 6. The van der Waals surface area contributed by atoms with E-state index < -0.39 is 0 Å². The normalized spacial score (nSPS) is 22.9. The Labute approximate surface area is 222 Å². The highest BCUT2D eigenvalue weighted by Gasteiger charge is 2.25. The average molecular weight is 521 g/mol. The van der Waals surface area contributed by atoms with Gasteiger partial charge in [0.1, 0.15) is 11.9 Å². The van der Waals surface area contributed by atoms with Crippen LogP contribution in [0.25, 0.3) is 10.9 Å². The molecule has 0 radical (unpaired) electrons. The Bertz CT molecular complexity index is 1210. The Kier molecular flexibility index (Phi) is 7.66. The van der Waals surface area contributed by atoms with Crippen molar-refractivity contribution < 1.29 is 14.2 Å². The number of hydrogen-bond donors (Lipinski definition) is 2. The predicted octanol–water partition coefficient (Wildman–Crippen LogP) is 2.47. The van der Waals surface area contributed by atoms with Crippen molar-refractivity contribution in [3.05, 3.63) is 36.3 Å². The highest BCUT2D eigenvalue weighted by molar-refractivity contribution is 5.88. The van der Waals surface area contributed by atoms with Gasteiger partial charge in [0.15, 0.2) is 0 Å². The number of nitrogen functional groups attached to an aromatic ring is 1. The monoisotopic (exact) mass is 520 g/mol. The van der Waals surface area contributed by atoms with Crippen molar-refractivity contribution in [1.29, 1.82) is 0 Å². The third-order valence-corrected chi connectivity index (χ3v) is 7.49. The first-order valence-electron chi connectivity index (χ1n) is 13.6. The SMILES string of the molecule is Nc1cnc2cc(N3CCOCC3)nc(OC3CCC(Nc4ncc(CN5CCOCC5)cn4)CC3)c2c1. The van der Waals surface area contributed by atoms with E-state index in [1.54, 1.807) is 6.20 Å². The Hall–Kier alpha value is -3.28. The summed E-state index contributed by atoms with van der Waals surface area (Å²) >= 11 is 0. The second kappa shape index (κ2) is 11.6. The van der Waals surface area contributed by atoms with Crippen LogP contribution in [-0.4, -0.2) is 89.6 Å². The molecule has 0 spiro atoms. The lowest BCUT2D eigenvalue weighted by Gasteiger charge is -2.31. The van der Waals surface area contributed by atoms with Gasteiger partial charge in [0, 0.05) is 62.8 Å². The molecule has 11 nitrogen and oxygen atoms in total. The summed E-state index contributed by atoms with van der Waals surface area (Å²) in [5.74, 6) is 2.17. The smallest absolute Gasteiger partial charge is 0.225 e. The molecule has 11 heteroatoms. The molecular weight excluding hydrogens is 484 g/mol. The molecule has 3 N–H and O–H groups in total. The molecule has 202 valence electrons. The first-order chi connectivity index (χ1) is 18.7. The molecule has 0 amide bonds. The summed E-state index contributed by atoms with van der Waals surface area (Å²) in [4.78, 5) is 23.2. The van der Waals surface area contributed by atoms with Crippen molar-refractivity contribution in [2.45, 2.75) is 44.4 Å². The fourth-order valence-corrected chi connectivity index (χ4v) is 5.33. The summed E-state index contributed by atoms with van der Waals surface area (Å²) in [6, 6.07) is 4.24. The Balaban J connectivity index is 1.06. The van der Waals surface area contributed by atoms with Crippen LogP contribution in [-0.2, 0) is 16.0 Å². The van der Waals surface area contributed by atoms with Gasteiger partial charge in [-0.3, -0.25) is 9.88 Å². The summed E-state index contributed by atoms with van der Waals surface area (Å²) in [6.07, 6.45) is 9.43. The molecule has 2 aliphatic heterocycles. The minimum atomic E-state index is 0.0851. The number of nitrogens with two attached hydrogens (primary N) is 1. The minimum absolute atomic E-state index is 0.0851. The van der Waals surface area contributed by atoms with Crippen LogP contribution >= 0.6 is 0 Å². The quantitative estimate of drug-likeness (QED) is 0.477. The van der Waals surface area contributed by atoms with Gasteiger partial charge in [0.25, 0.3) is 0 Å². The van der Waals surface area contributed by atoms with Crippen LogP contribution in [0.4, 0.5) is 17.5 Å². The number of ether oxygens (including phenoxy) is 3. The molecule has 1 saturated carbocycles. The number of hydrogen-bond acceptors (Lipinski definition) is 11. The average Bonchev–Trinajstić information content (AvgIpc) is 2.96. The first kappa shape index (κ1) is 25.0. The van der Waals surface area contributed by atoms with Gasteiger partial charge in [-0.1, -0.05) is 0 Å². The Morgan fingerprint density at radius 2 is 1.61 bits per heavy atom. The maximum Gasteiger partial charge on any atom is 0.225 e. The maximum atomic E-state index is 6.50. The Morgan fingerprint density at radius 1 is 0.895 bits per heavy atom. The van der Waals surface area contributed by atoms with Crippen molar-refractivity contribution >= 4 is 28.4 Å². The second-order valence-electron chi connectivity index (χ2n) is 10.3. The van der Waals surface area contributed by atoms with E-state index in [0.29, 0.717) is 36.8 Å². The Morgan fingerprint density at radius 3 is 2.34 bits per heavy atom. The van der Waals surface area contributed by atoms with Crippen LogP contribution in [0.1, 0.15) is 31.2 Å². The molecule has 3 aromatic heterocycles. The summed E-state index contributed by atoms with van der Waals surface area (Å²) < 4.78 is 17.4. The van der Waals surface area contributed by atoms with E-state index >= 15 is 0 Å². The van der Waals surface area contributed by atoms with E-state index in [9.17, 15) is 0 Å². The summed E-state index contributed by atoms with van der Waals surface area (Å²) in [7, 11) is 0. The van der Waals surface area contributed by atoms with Crippen molar-refractivity contribution in [1.82, 2.24) is 24.8 Å². The maximum absolute atomic E-state index is 6.50. The van der Waals surface area contributed by atoms with Crippen LogP contribution in [0, 0.1) is 0 Å². The van der Waals surface area contributed by atoms with Gasteiger partial charge in [-0.15, -0.1) is 0 Å². The van der Waals surface area contributed by atoms with Gasteiger partial charge < -0.3 is 30.2 Å².